The zero-order chi connectivity index (χ0) is 14.1. The number of rotatable bonds is 2. The third kappa shape index (κ3) is 2.18. The highest BCUT2D eigenvalue weighted by Gasteiger charge is 2.11. The molecule has 20 heavy (non-hydrogen) atoms. The molecule has 100 valence electrons. The van der Waals surface area contributed by atoms with E-state index in [1.165, 1.54) is 10.9 Å². The summed E-state index contributed by atoms with van der Waals surface area (Å²) >= 11 is 3.61. The van der Waals surface area contributed by atoms with E-state index in [0.717, 1.165) is 26.9 Å². The predicted octanol–water partition coefficient (Wildman–Crippen LogP) is 5.01. The van der Waals surface area contributed by atoms with Crippen molar-refractivity contribution in [3.63, 3.8) is 0 Å². The van der Waals surface area contributed by atoms with E-state index in [1.807, 2.05) is 25.2 Å². The molecule has 0 fully saturated rings. The predicted molar refractivity (Wildman–Crippen MR) is 89.2 cm³/mol. The molecular formula is C17H15BrN2. The molecule has 0 radical (unpaired) electrons. The second kappa shape index (κ2) is 5.25. The van der Waals surface area contributed by atoms with Crippen LogP contribution in [-0.4, -0.2) is 12.0 Å². The molecule has 1 heterocycles. The van der Waals surface area contributed by atoms with Gasteiger partial charge in [-0.05, 0) is 40.5 Å². The summed E-state index contributed by atoms with van der Waals surface area (Å²) in [7, 11) is 1.95. The van der Waals surface area contributed by atoms with Crippen molar-refractivity contribution < 1.29 is 0 Å². The maximum Gasteiger partial charge on any atom is 0.0874 e. The molecule has 2 aromatic carbocycles. The number of benzene rings is 2. The molecule has 3 rings (SSSR count). The van der Waals surface area contributed by atoms with Crippen LogP contribution in [0.2, 0.25) is 0 Å². The molecule has 0 spiro atoms. The number of hydrogen-bond acceptors (Lipinski definition) is 2. The summed E-state index contributed by atoms with van der Waals surface area (Å²) in [6, 6.07) is 16.5. The molecule has 0 amide bonds. The molecule has 0 atom stereocenters. The highest BCUT2D eigenvalue weighted by Crippen LogP contribution is 2.34. The Hall–Kier alpha value is -1.87. The molecule has 0 aliphatic carbocycles. The molecule has 0 aliphatic heterocycles. The number of fused-ring (bicyclic) bond motifs is 1. The van der Waals surface area contributed by atoms with Crippen molar-refractivity contribution in [2.75, 3.05) is 12.4 Å². The largest absolute Gasteiger partial charge is 0.388 e. The van der Waals surface area contributed by atoms with E-state index in [0.29, 0.717) is 0 Å². The van der Waals surface area contributed by atoms with Crippen LogP contribution in [0.4, 0.5) is 5.69 Å². The standard InChI is InChI=1S/C17H15BrN2/c1-11-8-9-13(18)17-16(11)15(19-2)10-14(20-17)12-6-4-3-5-7-12/h3-10H,1-2H3,(H,19,20). The molecule has 0 bridgehead atoms. The molecule has 0 saturated heterocycles. The van der Waals surface area contributed by atoms with Crippen LogP contribution in [0.15, 0.2) is 53.0 Å². The molecule has 1 N–H and O–H groups in total. The minimum absolute atomic E-state index is 0.980. The summed E-state index contributed by atoms with van der Waals surface area (Å²) in [5, 5.41) is 4.46. The lowest BCUT2D eigenvalue weighted by molar-refractivity contribution is 1.36. The van der Waals surface area contributed by atoms with Gasteiger partial charge in [-0.2, -0.15) is 0 Å². The Kier molecular flexibility index (Phi) is 3.45. The maximum atomic E-state index is 4.83. The lowest BCUT2D eigenvalue weighted by Crippen LogP contribution is -1.96. The molecule has 2 nitrogen and oxygen atoms in total. The van der Waals surface area contributed by atoms with E-state index in [1.54, 1.807) is 0 Å². The number of halogens is 1. The summed E-state index contributed by atoms with van der Waals surface area (Å²) in [5.74, 6) is 0. The van der Waals surface area contributed by atoms with Gasteiger partial charge < -0.3 is 5.32 Å². The molecule has 3 aromatic rings. The van der Waals surface area contributed by atoms with E-state index in [4.69, 9.17) is 4.98 Å². The average Bonchev–Trinajstić information content (AvgIpc) is 2.51. The van der Waals surface area contributed by atoms with Gasteiger partial charge in [0.15, 0.2) is 0 Å². The van der Waals surface area contributed by atoms with Crippen LogP contribution >= 0.6 is 15.9 Å². The van der Waals surface area contributed by atoms with Crippen molar-refractivity contribution >= 4 is 32.5 Å². The van der Waals surface area contributed by atoms with Crippen LogP contribution in [0.5, 0.6) is 0 Å². The summed E-state index contributed by atoms with van der Waals surface area (Å²) < 4.78 is 1.02. The highest BCUT2D eigenvalue weighted by atomic mass is 79.9. The summed E-state index contributed by atoms with van der Waals surface area (Å²) in [4.78, 5) is 4.83. The minimum Gasteiger partial charge on any atom is -0.388 e. The Morgan fingerprint density at radius 3 is 2.50 bits per heavy atom. The van der Waals surface area contributed by atoms with Gasteiger partial charge in [0.1, 0.15) is 0 Å². The van der Waals surface area contributed by atoms with Gasteiger partial charge >= 0.3 is 0 Å². The van der Waals surface area contributed by atoms with Crippen LogP contribution in [0.3, 0.4) is 0 Å². The van der Waals surface area contributed by atoms with Crippen molar-refractivity contribution in [2.45, 2.75) is 6.92 Å². The van der Waals surface area contributed by atoms with E-state index >= 15 is 0 Å². The normalized spacial score (nSPS) is 10.8. The first-order chi connectivity index (χ1) is 9.70. The molecule has 0 saturated carbocycles. The van der Waals surface area contributed by atoms with Crippen molar-refractivity contribution in [3.05, 3.63) is 58.6 Å². The van der Waals surface area contributed by atoms with Gasteiger partial charge in [-0.3, -0.25) is 0 Å². The van der Waals surface area contributed by atoms with Crippen LogP contribution in [-0.2, 0) is 0 Å². The van der Waals surface area contributed by atoms with Gasteiger partial charge in [0.2, 0.25) is 0 Å². The summed E-state index contributed by atoms with van der Waals surface area (Å²) in [6.45, 7) is 2.11. The molecule has 0 unspecified atom stereocenters. The van der Waals surface area contributed by atoms with Crippen LogP contribution < -0.4 is 5.32 Å². The zero-order valence-electron chi connectivity index (χ0n) is 11.4. The van der Waals surface area contributed by atoms with Crippen molar-refractivity contribution in [1.29, 1.82) is 0 Å². The number of nitrogens with one attached hydrogen (secondary N) is 1. The quantitative estimate of drug-likeness (QED) is 0.715. The number of aryl methyl sites for hydroxylation is 1. The van der Waals surface area contributed by atoms with E-state index in [-0.39, 0.29) is 0 Å². The molecule has 0 aliphatic rings. The number of pyridine rings is 1. The summed E-state index contributed by atoms with van der Waals surface area (Å²) in [6.07, 6.45) is 0. The minimum atomic E-state index is 0.980. The Labute approximate surface area is 127 Å². The van der Waals surface area contributed by atoms with Crippen molar-refractivity contribution in [3.8, 4) is 11.3 Å². The van der Waals surface area contributed by atoms with Gasteiger partial charge in [0.05, 0.1) is 11.2 Å². The number of aromatic nitrogens is 1. The van der Waals surface area contributed by atoms with Crippen molar-refractivity contribution in [2.24, 2.45) is 0 Å². The first kappa shape index (κ1) is 13.1. The van der Waals surface area contributed by atoms with Gasteiger partial charge in [-0.25, -0.2) is 4.98 Å². The SMILES string of the molecule is CNc1cc(-c2ccccc2)nc2c(Br)ccc(C)c12. The van der Waals surface area contributed by atoms with Crippen LogP contribution in [0.25, 0.3) is 22.2 Å². The van der Waals surface area contributed by atoms with Gasteiger partial charge in [-0.15, -0.1) is 0 Å². The highest BCUT2D eigenvalue weighted by molar-refractivity contribution is 9.10. The summed E-state index contributed by atoms with van der Waals surface area (Å²) in [5.41, 5.74) is 5.43. The number of nitrogens with zero attached hydrogens (tertiary/aromatic N) is 1. The monoisotopic (exact) mass is 326 g/mol. The molecule has 1 aromatic heterocycles. The first-order valence-corrected chi connectivity index (χ1v) is 7.33. The van der Waals surface area contributed by atoms with E-state index < -0.39 is 0 Å². The fourth-order valence-corrected chi connectivity index (χ4v) is 2.85. The number of hydrogen-bond donors (Lipinski definition) is 1. The smallest absolute Gasteiger partial charge is 0.0874 e. The second-order valence-electron chi connectivity index (χ2n) is 4.76. The Balaban J connectivity index is 2.35. The van der Waals surface area contributed by atoms with Gasteiger partial charge in [0, 0.05) is 28.2 Å². The van der Waals surface area contributed by atoms with Gasteiger partial charge in [0.25, 0.3) is 0 Å². The second-order valence-corrected chi connectivity index (χ2v) is 5.61. The van der Waals surface area contributed by atoms with E-state index in [2.05, 4.69) is 58.5 Å². The molecule has 3 heteroatoms. The lowest BCUT2D eigenvalue weighted by atomic mass is 10.0. The van der Waals surface area contributed by atoms with Crippen molar-refractivity contribution in [1.82, 2.24) is 4.98 Å². The first-order valence-electron chi connectivity index (χ1n) is 6.53. The fourth-order valence-electron chi connectivity index (χ4n) is 2.43. The third-order valence-corrected chi connectivity index (χ3v) is 4.10. The maximum absolute atomic E-state index is 4.83. The Morgan fingerprint density at radius 1 is 1.05 bits per heavy atom. The zero-order valence-corrected chi connectivity index (χ0v) is 13.0. The fraction of sp³-hybridized carbons (Fsp3) is 0.118. The average molecular weight is 327 g/mol. The van der Waals surface area contributed by atoms with Crippen LogP contribution in [0, 0.1) is 6.92 Å². The Bertz CT molecular complexity index is 767. The van der Waals surface area contributed by atoms with Crippen LogP contribution in [0.1, 0.15) is 5.56 Å². The third-order valence-electron chi connectivity index (χ3n) is 3.46. The van der Waals surface area contributed by atoms with Gasteiger partial charge in [-0.1, -0.05) is 36.4 Å². The van der Waals surface area contributed by atoms with E-state index in [9.17, 15) is 0 Å². The Morgan fingerprint density at radius 2 is 1.80 bits per heavy atom. The lowest BCUT2D eigenvalue weighted by Gasteiger charge is -2.12. The molecular weight excluding hydrogens is 312 g/mol. The topological polar surface area (TPSA) is 24.9 Å². The number of anilines is 1.